The van der Waals surface area contributed by atoms with Gasteiger partial charge < -0.3 is 29.8 Å². The molecule has 2 fully saturated rings. The molecule has 3 aromatic rings. The van der Waals surface area contributed by atoms with Crippen molar-refractivity contribution in [3.63, 3.8) is 0 Å². The summed E-state index contributed by atoms with van der Waals surface area (Å²) in [4.78, 5) is 58.0. The summed E-state index contributed by atoms with van der Waals surface area (Å²) in [6, 6.07) is 22.3. The maximum absolute atomic E-state index is 14.2. The lowest BCUT2D eigenvalue weighted by molar-refractivity contribution is -0.139. The molecular formula is C36H38N4O6. The molecule has 46 heavy (non-hydrogen) atoms. The van der Waals surface area contributed by atoms with Crippen LogP contribution in [0.25, 0.3) is 0 Å². The van der Waals surface area contributed by atoms with Crippen molar-refractivity contribution in [3.05, 3.63) is 102 Å². The van der Waals surface area contributed by atoms with Crippen molar-refractivity contribution in [2.45, 2.75) is 44.9 Å². The molecule has 10 nitrogen and oxygen atoms in total. The third kappa shape index (κ3) is 5.81. The van der Waals surface area contributed by atoms with Gasteiger partial charge in [0.15, 0.2) is 5.60 Å². The van der Waals surface area contributed by atoms with E-state index in [0.717, 1.165) is 16.8 Å². The Bertz CT molecular complexity index is 1690. The quantitative estimate of drug-likeness (QED) is 0.236. The third-order valence-corrected chi connectivity index (χ3v) is 9.14. The lowest BCUT2D eigenvalue weighted by atomic mass is 9.82. The first-order valence-electron chi connectivity index (χ1n) is 15.7. The number of fused-ring (bicyclic) bond motifs is 1. The fourth-order valence-corrected chi connectivity index (χ4v) is 6.30. The van der Waals surface area contributed by atoms with Crippen molar-refractivity contribution in [1.29, 1.82) is 0 Å². The Labute approximate surface area is 268 Å². The molecule has 0 unspecified atom stereocenters. The number of β-lactam (4-membered cyclic amide) rings is 2. The van der Waals surface area contributed by atoms with E-state index in [0.29, 0.717) is 49.4 Å². The lowest BCUT2D eigenvalue weighted by Gasteiger charge is -2.32. The molecule has 10 heteroatoms. The van der Waals surface area contributed by atoms with Crippen LogP contribution in [0.15, 0.2) is 84.9 Å². The highest BCUT2D eigenvalue weighted by molar-refractivity contribution is 6.08. The number of hydrogen-bond donors (Lipinski definition) is 2. The van der Waals surface area contributed by atoms with E-state index in [4.69, 9.17) is 0 Å². The monoisotopic (exact) mass is 622 g/mol. The van der Waals surface area contributed by atoms with Crippen molar-refractivity contribution < 1.29 is 29.4 Å². The molecule has 3 aliphatic rings. The molecule has 6 rings (SSSR count). The Morgan fingerprint density at radius 1 is 0.913 bits per heavy atom. The zero-order valence-corrected chi connectivity index (χ0v) is 25.8. The number of amides is 4. The zero-order chi connectivity index (χ0) is 32.4. The molecule has 2 atom stereocenters. The van der Waals surface area contributed by atoms with Gasteiger partial charge in [0.2, 0.25) is 17.7 Å². The van der Waals surface area contributed by atoms with E-state index in [1.54, 1.807) is 56.9 Å². The molecule has 238 valence electrons. The average molecular weight is 623 g/mol. The largest absolute Gasteiger partial charge is 0.395 e. The van der Waals surface area contributed by atoms with E-state index in [1.807, 2.05) is 54.6 Å². The van der Waals surface area contributed by atoms with Crippen LogP contribution in [0.2, 0.25) is 0 Å². The summed E-state index contributed by atoms with van der Waals surface area (Å²) in [7, 11) is 0. The van der Waals surface area contributed by atoms with Gasteiger partial charge in [-0.2, -0.15) is 0 Å². The molecule has 4 amide bonds. The van der Waals surface area contributed by atoms with Crippen LogP contribution >= 0.6 is 0 Å². The molecule has 0 saturated carbocycles. The van der Waals surface area contributed by atoms with Gasteiger partial charge >= 0.3 is 0 Å². The minimum atomic E-state index is -1.95. The Kier molecular flexibility index (Phi) is 8.75. The average Bonchev–Trinajstić information content (AvgIpc) is 3.25. The zero-order valence-electron chi connectivity index (χ0n) is 25.8. The Balaban J connectivity index is 1.25. The summed E-state index contributed by atoms with van der Waals surface area (Å²) in [6.45, 7) is 3.52. The summed E-state index contributed by atoms with van der Waals surface area (Å²) >= 11 is 0. The van der Waals surface area contributed by atoms with Gasteiger partial charge in [0.05, 0.1) is 18.8 Å². The highest BCUT2D eigenvalue weighted by Crippen LogP contribution is 2.47. The fraction of sp³-hybridized carbons (Fsp3) is 0.333. The van der Waals surface area contributed by atoms with Crippen LogP contribution in [-0.2, 0) is 37.9 Å². The fourth-order valence-electron chi connectivity index (χ4n) is 6.30. The van der Waals surface area contributed by atoms with Crippen molar-refractivity contribution >= 4 is 40.7 Å². The van der Waals surface area contributed by atoms with Crippen LogP contribution in [0.4, 0.5) is 17.1 Å². The number of carbonyl (C=O) groups is 4. The second-order valence-electron chi connectivity index (χ2n) is 12.1. The molecule has 3 aliphatic heterocycles. The van der Waals surface area contributed by atoms with Crippen LogP contribution in [-0.4, -0.2) is 65.0 Å². The van der Waals surface area contributed by atoms with Crippen LogP contribution in [0.3, 0.4) is 0 Å². The van der Waals surface area contributed by atoms with Gasteiger partial charge in [-0.3, -0.25) is 19.2 Å². The predicted molar refractivity (Wildman–Crippen MR) is 174 cm³/mol. The summed E-state index contributed by atoms with van der Waals surface area (Å²) in [5.41, 5.74) is 2.14. The number of anilines is 3. The molecule has 0 spiro atoms. The molecule has 2 N–H and O–H groups in total. The highest BCUT2D eigenvalue weighted by atomic mass is 16.3. The SMILES string of the molecule is C[C@H](/C=C/CC(=O)N(CCO)Cc1ccccc1)[C@@]1(O)C(=O)N(Cc2cccc(N3CCC3=O)c2)c2ccc(N3CCC3=O)cc21. The van der Waals surface area contributed by atoms with Crippen LogP contribution < -0.4 is 14.7 Å². The maximum atomic E-state index is 14.2. The first-order chi connectivity index (χ1) is 22.2. The number of rotatable bonds is 12. The highest BCUT2D eigenvalue weighted by Gasteiger charge is 2.53. The summed E-state index contributed by atoms with van der Waals surface area (Å²) in [5.74, 6) is -1.37. The molecular weight excluding hydrogens is 584 g/mol. The van der Waals surface area contributed by atoms with Crippen LogP contribution in [0.1, 0.15) is 42.9 Å². The number of carbonyl (C=O) groups excluding carboxylic acids is 4. The summed E-state index contributed by atoms with van der Waals surface area (Å²) in [5, 5.41) is 21.8. The molecule has 0 radical (unpaired) electrons. The van der Waals surface area contributed by atoms with Crippen molar-refractivity contribution in [3.8, 4) is 0 Å². The minimum Gasteiger partial charge on any atom is -0.395 e. The summed E-state index contributed by atoms with van der Waals surface area (Å²) < 4.78 is 0. The smallest absolute Gasteiger partial charge is 0.264 e. The predicted octanol–water partition coefficient (Wildman–Crippen LogP) is 3.50. The van der Waals surface area contributed by atoms with Gasteiger partial charge in [-0.15, -0.1) is 0 Å². The Hall–Kier alpha value is -4.80. The number of benzene rings is 3. The number of aliphatic hydroxyl groups is 2. The Morgan fingerprint density at radius 2 is 1.59 bits per heavy atom. The van der Waals surface area contributed by atoms with E-state index in [9.17, 15) is 29.4 Å². The topological polar surface area (TPSA) is 122 Å². The first-order valence-corrected chi connectivity index (χ1v) is 15.7. The normalized spacial score (nSPS) is 19.7. The molecule has 0 aliphatic carbocycles. The van der Waals surface area contributed by atoms with Crippen molar-refractivity contribution in [1.82, 2.24) is 4.90 Å². The van der Waals surface area contributed by atoms with E-state index < -0.39 is 17.4 Å². The van der Waals surface area contributed by atoms with Crippen LogP contribution in [0, 0.1) is 5.92 Å². The first kappa shape index (κ1) is 31.2. The van der Waals surface area contributed by atoms with E-state index in [-0.39, 0.29) is 43.8 Å². The van der Waals surface area contributed by atoms with Gasteiger partial charge in [0.25, 0.3) is 5.91 Å². The number of aliphatic hydroxyl groups excluding tert-OH is 1. The van der Waals surface area contributed by atoms with Crippen molar-refractivity contribution in [2.75, 3.05) is 40.9 Å². The van der Waals surface area contributed by atoms with Gasteiger partial charge in [0.1, 0.15) is 0 Å². The minimum absolute atomic E-state index is 0.0172. The van der Waals surface area contributed by atoms with E-state index in [1.165, 1.54) is 0 Å². The van der Waals surface area contributed by atoms with Gasteiger partial charge in [-0.1, -0.05) is 61.5 Å². The maximum Gasteiger partial charge on any atom is 0.264 e. The van der Waals surface area contributed by atoms with E-state index >= 15 is 0 Å². The molecule has 3 heterocycles. The van der Waals surface area contributed by atoms with Crippen molar-refractivity contribution in [2.24, 2.45) is 5.92 Å². The lowest BCUT2D eigenvalue weighted by Crippen LogP contribution is -2.45. The van der Waals surface area contributed by atoms with Gasteiger partial charge in [0, 0.05) is 68.3 Å². The van der Waals surface area contributed by atoms with Crippen LogP contribution in [0.5, 0.6) is 0 Å². The Morgan fingerprint density at radius 3 is 2.22 bits per heavy atom. The molecule has 0 bridgehead atoms. The van der Waals surface area contributed by atoms with Gasteiger partial charge in [-0.05, 0) is 41.5 Å². The second kappa shape index (κ2) is 12.9. The second-order valence-corrected chi connectivity index (χ2v) is 12.1. The number of hydrogen-bond acceptors (Lipinski definition) is 6. The molecule has 2 saturated heterocycles. The molecule has 0 aromatic heterocycles. The number of nitrogens with zero attached hydrogens (tertiary/aromatic N) is 4. The standard InChI is InChI=1S/C36H38N4O6/c1-25(7-5-12-32(42)37(19-20-41)23-26-8-3-2-4-9-26)36(46)30-22-29(39-18-16-34(39)44)13-14-31(30)40(35(36)45)24-27-10-6-11-28(21-27)38-17-15-33(38)43/h2-11,13-14,21-22,25,41,46H,12,15-20,23-24H2,1H3/b7-5+/t25-,36+/m1/s1. The summed E-state index contributed by atoms with van der Waals surface area (Å²) in [6.07, 6.45) is 4.34. The third-order valence-electron chi connectivity index (χ3n) is 9.14. The van der Waals surface area contributed by atoms with Gasteiger partial charge in [-0.25, -0.2) is 0 Å². The van der Waals surface area contributed by atoms with E-state index in [2.05, 4.69) is 0 Å². The molecule has 3 aromatic carbocycles.